The minimum atomic E-state index is -3.94. The number of amides is 2. The van der Waals surface area contributed by atoms with E-state index in [1.54, 1.807) is 0 Å². The number of nitrogens with one attached hydrogen (secondary N) is 1. The summed E-state index contributed by atoms with van der Waals surface area (Å²) in [5, 5.41) is 10.9. The summed E-state index contributed by atoms with van der Waals surface area (Å²) in [5.41, 5.74) is 0.159. The summed E-state index contributed by atoms with van der Waals surface area (Å²) in [6.45, 7) is 4.49. The van der Waals surface area contributed by atoms with E-state index in [1.165, 1.54) is 31.2 Å². The highest BCUT2D eigenvalue weighted by Crippen LogP contribution is 2.40. The van der Waals surface area contributed by atoms with Crippen molar-refractivity contribution in [1.29, 1.82) is 0 Å². The van der Waals surface area contributed by atoms with Gasteiger partial charge >= 0.3 is 6.09 Å². The first-order valence-electron chi connectivity index (χ1n) is 9.61. The van der Waals surface area contributed by atoms with E-state index < -0.39 is 21.8 Å². The van der Waals surface area contributed by atoms with Gasteiger partial charge in [0.25, 0.3) is 5.91 Å². The van der Waals surface area contributed by atoms with Crippen molar-refractivity contribution in [2.45, 2.75) is 16.7 Å². The Morgan fingerprint density at radius 3 is 1.71 bits per heavy atom. The maximum Gasteiger partial charge on any atom is 0.414 e. The van der Waals surface area contributed by atoms with Crippen molar-refractivity contribution in [2.75, 3.05) is 26.4 Å². The molecule has 9 nitrogen and oxygen atoms in total. The molecule has 14 heteroatoms. The molecule has 0 aliphatic heterocycles. The number of rotatable bonds is 10. The van der Waals surface area contributed by atoms with Crippen LogP contribution >= 0.6 is 63.7 Å². The quantitative estimate of drug-likeness (QED) is 0.252. The van der Waals surface area contributed by atoms with Gasteiger partial charge < -0.3 is 19.3 Å². The molecular weight excluding hydrogens is 746 g/mol. The molecule has 0 atom stereocenters. The SMILES string of the molecule is C=C(C)C(=O)NC(=O)OCCOc1c(Br)cc(S(=O)(=O)c2cc(Br)c(OCCO)c(Br)c2)cc1Br. The molecule has 2 rings (SSSR count). The molecule has 2 N–H and O–H groups in total. The summed E-state index contributed by atoms with van der Waals surface area (Å²) in [7, 11) is -3.94. The minimum absolute atomic E-state index is 0.00351. The molecule has 2 aromatic rings. The first-order valence-corrected chi connectivity index (χ1v) is 14.3. The second-order valence-corrected chi connectivity index (χ2v) is 12.1. The Labute approximate surface area is 235 Å². The summed E-state index contributed by atoms with van der Waals surface area (Å²) in [5.74, 6) is 0.00896. The van der Waals surface area contributed by atoms with Crippen LogP contribution in [0.3, 0.4) is 0 Å². The fraction of sp³-hybridized carbons (Fsp3) is 0.238. The zero-order chi connectivity index (χ0) is 26.3. The predicted molar refractivity (Wildman–Crippen MR) is 142 cm³/mol. The van der Waals surface area contributed by atoms with Gasteiger partial charge in [-0.1, -0.05) is 6.58 Å². The lowest BCUT2D eigenvalue weighted by atomic mass is 10.3. The van der Waals surface area contributed by atoms with Crippen LogP contribution in [0.25, 0.3) is 0 Å². The van der Waals surface area contributed by atoms with Crippen molar-refractivity contribution in [3.8, 4) is 11.5 Å². The number of alkyl carbamates (subject to hydrolysis) is 1. The maximum absolute atomic E-state index is 13.2. The van der Waals surface area contributed by atoms with Gasteiger partial charge in [0, 0.05) is 5.57 Å². The van der Waals surface area contributed by atoms with Crippen LogP contribution in [-0.4, -0.2) is 52.0 Å². The first-order chi connectivity index (χ1) is 16.4. The number of halogens is 4. The van der Waals surface area contributed by atoms with Crippen LogP contribution in [0.4, 0.5) is 4.79 Å². The van der Waals surface area contributed by atoms with Crippen LogP contribution in [0, 0.1) is 0 Å². The summed E-state index contributed by atoms with van der Waals surface area (Å²) in [6, 6.07) is 5.57. The molecule has 0 aliphatic carbocycles. The van der Waals surface area contributed by atoms with Gasteiger partial charge in [0.15, 0.2) is 0 Å². The summed E-state index contributed by atoms with van der Waals surface area (Å²) in [6.07, 6.45) is -0.939. The van der Waals surface area contributed by atoms with Gasteiger partial charge in [0.1, 0.15) is 31.3 Å². The molecule has 0 bridgehead atoms. The molecule has 0 aliphatic rings. The molecule has 2 aromatic carbocycles. The van der Waals surface area contributed by atoms with E-state index in [9.17, 15) is 18.0 Å². The van der Waals surface area contributed by atoms with Gasteiger partial charge in [-0.2, -0.15) is 0 Å². The smallest absolute Gasteiger partial charge is 0.414 e. The fourth-order valence-electron chi connectivity index (χ4n) is 2.46. The lowest BCUT2D eigenvalue weighted by molar-refractivity contribution is -0.116. The zero-order valence-corrected chi connectivity index (χ0v) is 25.2. The number of aliphatic hydroxyl groups is 1. The Morgan fingerprint density at radius 2 is 1.31 bits per heavy atom. The Kier molecular flexibility index (Phi) is 11.2. The summed E-state index contributed by atoms with van der Waals surface area (Å²) >= 11 is 13.2. The minimum Gasteiger partial charge on any atom is -0.489 e. The third-order valence-corrected chi connectivity index (χ3v) is 8.14. The first kappa shape index (κ1) is 29.8. The number of benzene rings is 2. The number of ether oxygens (including phenoxy) is 3. The molecule has 0 aromatic heterocycles. The molecule has 0 spiro atoms. The number of imide groups is 1. The van der Waals surface area contributed by atoms with Crippen LogP contribution in [0.15, 0.2) is 64.1 Å². The average molecular weight is 765 g/mol. The molecule has 0 radical (unpaired) electrons. The van der Waals surface area contributed by atoms with Crippen molar-refractivity contribution < 1.29 is 37.3 Å². The second kappa shape index (κ2) is 13.2. The van der Waals surface area contributed by atoms with Crippen molar-refractivity contribution in [2.24, 2.45) is 0 Å². The van der Waals surface area contributed by atoms with Gasteiger partial charge in [-0.3, -0.25) is 10.1 Å². The highest BCUT2D eigenvalue weighted by Gasteiger charge is 2.24. The number of aliphatic hydroxyl groups excluding tert-OH is 1. The molecular formula is C21H19Br4NO8S. The molecule has 0 fully saturated rings. The number of carbonyl (C=O) groups excluding carboxylic acids is 2. The van der Waals surface area contributed by atoms with Crippen molar-refractivity contribution >= 4 is 85.6 Å². The van der Waals surface area contributed by atoms with Crippen molar-refractivity contribution in [1.82, 2.24) is 5.32 Å². The van der Waals surface area contributed by atoms with E-state index in [4.69, 9.17) is 19.3 Å². The second-order valence-electron chi connectivity index (χ2n) is 6.73. The number of sulfone groups is 1. The largest absolute Gasteiger partial charge is 0.489 e. The Hall–Kier alpha value is -1.45. The highest BCUT2D eigenvalue weighted by atomic mass is 79.9. The van der Waals surface area contributed by atoms with Crippen LogP contribution in [0.2, 0.25) is 0 Å². The number of hydrogen-bond donors (Lipinski definition) is 2. The Balaban J connectivity index is 2.15. The van der Waals surface area contributed by atoms with Gasteiger partial charge in [-0.05, 0) is 94.9 Å². The fourth-order valence-corrected chi connectivity index (χ4v) is 7.26. The van der Waals surface area contributed by atoms with E-state index in [0.717, 1.165) is 0 Å². The zero-order valence-electron chi connectivity index (χ0n) is 18.1. The molecule has 0 saturated carbocycles. The van der Waals surface area contributed by atoms with Crippen LogP contribution in [0.5, 0.6) is 11.5 Å². The van der Waals surface area contributed by atoms with E-state index >= 15 is 0 Å². The third kappa shape index (κ3) is 8.02. The van der Waals surface area contributed by atoms with Gasteiger partial charge in [0.05, 0.1) is 34.3 Å². The topological polar surface area (TPSA) is 128 Å². The maximum atomic E-state index is 13.2. The average Bonchev–Trinajstić information content (AvgIpc) is 2.77. The van der Waals surface area contributed by atoms with Crippen LogP contribution in [-0.2, 0) is 19.4 Å². The van der Waals surface area contributed by atoms with E-state index in [-0.39, 0.29) is 41.8 Å². The normalized spacial score (nSPS) is 11.0. The van der Waals surface area contributed by atoms with E-state index in [0.29, 0.717) is 29.4 Å². The lowest BCUT2D eigenvalue weighted by Crippen LogP contribution is -2.32. The van der Waals surface area contributed by atoms with Crippen LogP contribution < -0.4 is 14.8 Å². The Bertz CT molecular complexity index is 1200. The standard InChI is InChI=1S/C21H19Br4NO8S/c1-11(2)20(28)26-21(29)34-6-5-33-19-16(24)9-13(10-17(19)25)35(30,31)12-7-14(22)18(15(23)8-12)32-4-3-27/h7-10,27H,1,3-6H2,2H3,(H,26,28,29). The summed E-state index contributed by atoms with van der Waals surface area (Å²) < 4.78 is 43.8. The van der Waals surface area contributed by atoms with Crippen molar-refractivity contribution in [3.05, 3.63) is 54.3 Å². The molecule has 35 heavy (non-hydrogen) atoms. The predicted octanol–water partition coefficient (Wildman–Crippen LogP) is 5.15. The van der Waals surface area contributed by atoms with Gasteiger partial charge in [0.2, 0.25) is 9.84 Å². The molecule has 0 heterocycles. The van der Waals surface area contributed by atoms with Gasteiger partial charge in [-0.25, -0.2) is 13.2 Å². The molecule has 0 saturated heterocycles. The van der Waals surface area contributed by atoms with E-state index in [1.807, 2.05) is 5.32 Å². The van der Waals surface area contributed by atoms with E-state index in [2.05, 4.69) is 70.3 Å². The lowest BCUT2D eigenvalue weighted by Gasteiger charge is -2.14. The molecule has 2 amide bonds. The highest BCUT2D eigenvalue weighted by molar-refractivity contribution is 9.11. The Morgan fingerprint density at radius 1 is 0.886 bits per heavy atom. The van der Waals surface area contributed by atoms with Crippen LogP contribution in [0.1, 0.15) is 6.92 Å². The monoisotopic (exact) mass is 761 g/mol. The van der Waals surface area contributed by atoms with Gasteiger partial charge in [-0.15, -0.1) is 0 Å². The molecule has 0 unspecified atom stereocenters. The number of carbonyl (C=O) groups is 2. The van der Waals surface area contributed by atoms with Crippen molar-refractivity contribution in [3.63, 3.8) is 0 Å². The molecule has 190 valence electrons. The number of hydrogen-bond acceptors (Lipinski definition) is 8. The summed E-state index contributed by atoms with van der Waals surface area (Å²) in [4.78, 5) is 22.9. The third-order valence-electron chi connectivity index (χ3n) is 4.07.